The second-order valence-electron chi connectivity index (χ2n) is 5.91. The second-order valence-corrected chi connectivity index (χ2v) is 5.91. The Balaban J connectivity index is 2.24. The minimum Gasteiger partial charge on any atom is -0.507 e. The van der Waals surface area contributed by atoms with E-state index in [0.717, 1.165) is 6.42 Å². The maximum Gasteiger partial charge on any atom is 0.275 e. The predicted octanol–water partition coefficient (Wildman–Crippen LogP) is 3.65. The Morgan fingerprint density at radius 1 is 1.14 bits per heavy atom. The highest BCUT2D eigenvalue weighted by Crippen LogP contribution is 2.16. The molecule has 0 spiro atoms. The van der Waals surface area contributed by atoms with Gasteiger partial charge in [-0.1, -0.05) is 31.6 Å². The molecule has 0 heterocycles. The number of carbonyl (C=O) groups excluding carboxylic acids is 2. The van der Waals surface area contributed by atoms with Crippen LogP contribution >= 0.6 is 0 Å². The Bertz CT molecular complexity index is 905. The number of nitrogens with one attached hydrogen (secondary N) is 2. The molecule has 0 saturated carbocycles. The van der Waals surface area contributed by atoms with Gasteiger partial charge in [-0.3, -0.25) is 14.6 Å². The molecule has 0 aliphatic rings. The van der Waals surface area contributed by atoms with E-state index in [1.54, 1.807) is 18.2 Å². The summed E-state index contributed by atoms with van der Waals surface area (Å²) in [5.41, 5.74) is 0.729. The number of anilines is 1. The van der Waals surface area contributed by atoms with Crippen molar-refractivity contribution in [1.82, 2.24) is 5.32 Å². The number of aliphatic imine (C=N–C) groups is 1. The predicted molar refractivity (Wildman–Crippen MR) is 107 cm³/mol. The van der Waals surface area contributed by atoms with Crippen LogP contribution in [-0.4, -0.2) is 29.7 Å². The molecule has 2 rings (SSSR count). The van der Waals surface area contributed by atoms with Crippen LogP contribution in [0.1, 0.15) is 30.1 Å². The van der Waals surface area contributed by atoms with Gasteiger partial charge in [0.05, 0.1) is 11.3 Å². The number of phenolic OH excluding ortho intramolecular Hbond substituents is 1. The van der Waals surface area contributed by atoms with E-state index in [1.165, 1.54) is 43.4 Å². The van der Waals surface area contributed by atoms with Crippen molar-refractivity contribution in [3.8, 4) is 5.75 Å². The lowest BCUT2D eigenvalue weighted by Crippen LogP contribution is -2.34. The molecule has 28 heavy (non-hydrogen) atoms. The van der Waals surface area contributed by atoms with Crippen LogP contribution < -0.4 is 10.6 Å². The van der Waals surface area contributed by atoms with E-state index < -0.39 is 17.6 Å². The monoisotopic (exact) mass is 383 g/mol. The zero-order valence-corrected chi connectivity index (χ0v) is 15.7. The molecule has 0 fully saturated rings. The molecule has 146 valence electrons. The van der Waals surface area contributed by atoms with Gasteiger partial charge in [-0.05, 0) is 42.8 Å². The van der Waals surface area contributed by atoms with E-state index in [2.05, 4.69) is 15.6 Å². The first kappa shape index (κ1) is 20.8. The van der Waals surface area contributed by atoms with Gasteiger partial charge in [0, 0.05) is 12.7 Å². The van der Waals surface area contributed by atoms with Crippen LogP contribution in [0.4, 0.5) is 10.1 Å². The van der Waals surface area contributed by atoms with Crippen molar-refractivity contribution in [3.05, 3.63) is 71.7 Å². The fraction of sp³-hybridized carbons (Fsp3) is 0.190. The van der Waals surface area contributed by atoms with Crippen LogP contribution in [0.15, 0.2) is 65.3 Å². The highest BCUT2D eigenvalue weighted by molar-refractivity contribution is 6.49. The molecule has 0 aromatic heterocycles. The summed E-state index contributed by atoms with van der Waals surface area (Å²) in [7, 11) is 1.44. The van der Waals surface area contributed by atoms with Gasteiger partial charge in [0.1, 0.15) is 17.3 Å². The van der Waals surface area contributed by atoms with Crippen molar-refractivity contribution in [2.75, 3.05) is 12.4 Å². The minimum absolute atomic E-state index is 0.0153. The van der Waals surface area contributed by atoms with E-state index in [-0.39, 0.29) is 22.7 Å². The normalized spacial score (nSPS) is 11.8. The van der Waals surface area contributed by atoms with E-state index >= 15 is 0 Å². The average Bonchev–Trinajstić information content (AvgIpc) is 2.68. The van der Waals surface area contributed by atoms with Crippen LogP contribution in [0.3, 0.4) is 0 Å². The number of hydrogen-bond donors (Lipinski definition) is 3. The number of aromatic hydroxyl groups is 1. The van der Waals surface area contributed by atoms with E-state index in [9.17, 15) is 19.1 Å². The van der Waals surface area contributed by atoms with E-state index in [1.807, 2.05) is 6.92 Å². The molecule has 2 aromatic rings. The molecule has 3 N–H and O–H groups in total. The number of allylic oxidation sites excluding steroid dienone is 1. The number of amides is 2. The summed E-state index contributed by atoms with van der Waals surface area (Å²) in [5.74, 6) is -1.69. The lowest BCUT2D eigenvalue weighted by molar-refractivity contribution is -0.110. The zero-order chi connectivity index (χ0) is 20.5. The van der Waals surface area contributed by atoms with Gasteiger partial charge >= 0.3 is 0 Å². The number of nitrogens with zero attached hydrogens (tertiary/aromatic N) is 1. The van der Waals surface area contributed by atoms with Gasteiger partial charge in [0.15, 0.2) is 0 Å². The standard InChI is InChI=1S/C21H22FN3O3/c1-3-4-8-17(25-20(27)16-7-5-6-9-18(16)26)19(23-2)21(28)24-15-12-10-14(22)11-13-15/h5-13,26H,3-4H2,1-2H3,(H,24,28)(H,25,27)/b17-8+,23-19?. The summed E-state index contributed by atoms with van der Waals surface area (Å²) in [4.78, 5) is 29.2. The van der Waals surface area contributed by atoms with Crippen molar-refractivity contribution < 1.29 is 19.1 Å². The Morgan fingerprint density at radius 3 is 2.43 bits per heavy atom. The first-order valence-corrected chi connectivity index (χ1v) is 8.79. The number of rotatable bonds is 7. The number of carbonyl (C=O) groups is 2. The number of benzene rings is 2. The molecule has 2 amide bonds. The van der Waals surface area contributed by atoms with Gasteiger partial charge in [-0.15, -0.1) is 0 Å². The summed E-state index contributed by atoms with van der Waals surface area (Å²) in [6.07, 6.45) is 3.11. The average molecular weight is 383 g/mol. The first-order valence-electron chi connectivity index (χ1n) is 8.79. The molecule has 6 nitrogen and oxygen atoms in total. The maximum atomic E-state index is 13.0. The van der Waals surface area contributed by atoms with Crippen LogP contribution in [0.25, 0.3) is 0 Å². The maximum absolute atomic E-state index is 13.0. The third-order valence-electron chi connectivity index (χ3n) is 3.83. The summed E-state index contributed by atoms with van der Waals surface area (Å²) < 4.78 is 13.0. The third-order valence-corrected chi connectivity index (χ3v) is 3.83. The molecule has 0 atom stereocenters. The van der Waals surface area contributed by atoms with Gasteiger partial charge < -0.3 is 15.7 Å². The topological polar surface area (TPSA) is 90.8 Å². The summed E-state index contributed by atoms with van der Waals surface area (Å²) in [6, 6.07) is 11.4. The zero-order valence-electron chi connectivity index (χ0n) is 15.7. The van der Waals surface area contributed by atoms with E-state index in [0.29, 0.717) is 12.1 Å². The third kappa shape index (κ3) is 5.51. The molecular weight excluding hydrogens is 361 g/mol. The van der Waals surface area contributed by atoms with Crippen LogP contribution in [0, 0.1) is 5.82 Å². The van der Waals surface area contributed by atoms with E-state index in [4.69, 9.17) is 0 Å². The van der Waals surface area contributed by atoms with Crippen molar-refractivity contribution in [2.45, 2.75) is 19.8 Å². The van der Waals surface area contributed by atoms with Crippen molar-refractivity contribution in [2.24, 2.45) is 4.99 Å². The Hall–Kier alpha value is -3.48. The fourth-order valence-corrected chi connectivity index (χ4v) is 2.42. The van der Waals surface area contributed by atoms with Gasteiger partial charge in [-0.2, -0.15) is 0 Å². The molecule has 0 radical (unpaired) electrons. The SMILES string of the molecule is CCC/C=C(/NC(=O)c1ccccc1O)C(=NC)C(=O)Nc1ccc(F)cc1. The largest absolute Gasteiger partial charge is 0.507 e. The molecule has 0 bridgehead atoms. The molecule has 2 aromatic carbocycles. The summed E-state index contributed by atoms with van der Waals surface area (Å²) >= 11 is 0. The lowest BCUT2D eigenvalue weighted by atomic mass is 10.1. The first-order chi connectivity index (χ1) is 13.5. The summed E-state index contributed by atoms with van der Waals surface area (Å²) in [5, 5.41) is 15.1. The van der Waals surface area contributed by atoms with Gasteiger partial charge in [0.25, 0.3) is 11.8 Å². The molecule has 0 aliphatic heterocycles. The number of hydrogen-bond acceptors (Lipinski definition) is 4. The van der Waals surface area contributed by atoms with Gasteiger partial charge in [0.2, 0.25) is 0 Å². The smallest absolute Gasteiger partial charge is 0.275 e. The van der Waals surface area contributed by atoms with Crippen molar-refractivity contribution in [1.29, 1.82) is 0 Å². The second kappa shape index (κ2) is 10.0. The number of para-hydroxylation sites is 1. The highest BCUT2D eigenvalue weighted by atomic mass is 19.1. The van der Waals surface area contributed by atoms with Crippen LogP contribution in [-0.2, 0) is 4.79 Å². The van der Waals surface area contributed by atoms with Crippen LogP contribution in [0.2, 0.25) is 0 Å². The Morgan fingerprint density at radius 2 is 1.82 bits per heavy atom. The minimum atomic E-state index is -0.559. The lowest BCUT2D eigenvalue weighted by Gasteiger charge is -2.14. The molecule has 0 aliphatic carbocycles. The molecular formula is C21H22FN3O3. The fourth-order valence-electron chi connectivity index (χ4n) is 2.42. The van der Waals surface area contributed by atoms with Crippen LogP contribution in [0.5, 0.6) is 5.75 Å². The highest BCUT2D eigenvalue weighted by Gasteiger charge is 2.20. The van der Waals surface area contributed by atoms with Crippen molar-refractivity contribution in [3.63, 3.8) is 0 Å². The molecule has 7 heteroatoms. The Kier molecular flexibility index (Phi) is 7.45. The number of unbranched alkanes of at least 4 members (excludes halogenated alkanes) is 1. The molecule has 0 saturated heterocycles. The quantitative estimate of drug-likeness (QED) is 0.638. The van der Waals surface area contributed by atoms with Gasteiger partial charge in [-0.25, -0.2) is 4.39 Å². The van der Waals surface area contributed by atoms with Crippen molar-refractivity contribution >= 4 is 23.2 Å². The summed E-state index contributed by atoms with van der Waals surface area (Å²) in [6.45, 7) is 1.96. The Labute approximate surface area is 162 Å². The number of halogens is 1. The number of phenols is 1. The molecule has 0 unspecified atom stereocenters.